The predicted octanol–water partition coefficient (Wildman–Crippen LogP) is 5.29. The van der Waals surface area contributed by atoms with Crippen LogP contribution in [0.2, 0.25) is 0 Å². The van der Waals surface area contributed by atoms with Crippen molar-refractivity contribution in [3.05, 3.63) is 58.1 Å². The molecule has 2 aromatic rings. The van der Waals surface area contributed by atoms with Crippen molar-refractivity contribution in [2.45, 2.75) is 32.3 Å². The number of hydrogen-bond acceptors (Lipinski definition) is 2. The van der Waals surface area contributed by atoms with E-state index in [1.165, 1.54) is 11.1 Å². The van der Waals surface area contributed by atoms with Crippen LogP contribution >= 0.6 is 15.9 Å². The first-order valence-electron chi connectivity index (χ1n) is 7.24. The summed E-state index contributed by atoms with van der Waals surface area (Å²) in [5.74, 6) is 0.911. The Bertz CT molecular complexity index is 643. The lowest BCUT2D eigenvalue weighted by Gasteiger charge is -2.28. The van der Waals surface area contributed by atoms with Gasteiger partial charge in [-0.25, -0.2) is 0 Å². The summed E-state index contributed by atoms with van der Waals surface area (Å²) >= 11 is 3.48. The van der Waals surface area contributed by atoms with Gasteiger partial charge < -0.3 is 10.1 Å². The highest BCUT2D eigenvalue weighted by Gasteiger charge is 2.21. The average molecular weight is 346 g/mol. The van der Waals surface area contributed by atoms with Crippen LogP contribution in [-0.2, 0) is 5.41 Å². The lowest BCUT2D eigenvalue weighted by molar-refractivity contribution is 0.210. The van der Waals surface area contributed by atoms with Gasteiger partial charge in [0.1, 0.15) is 11.9 Å². The Hall–Kier alpha value is -1.48. The van der Waals surface area contributed by atoms with Gasteiger partial charge in [0.25, 0.3) is 0 Å². The van der Waals surface area contributed by atoms with Gasteiger partial charge in [0, 0.05) is 4.47 Å². The molecule has 3 rings (SSSR count). The van der Waals surface area contributed by atoms with E-state index in [0.717, 1.165) is 22.5 Å². The van der Waals surface area contributed by atoms with Crippen LogP contribution in [0.5, 0.6) is 5.75 Å². The summed E-state index contributed by atoms with van der Waals surface area (Å²) in [6, 6.07) is 14.8. The molecule has 0 fully saturated rings. The molecule has 0 saturated heterocycles. The molecule has 2 aromatic carbocycles. The molecule has 21 heavy (non-hydrogen) atoms. The monoisotopic (exact) mass is 345 g/mol. The zero-order valence-corrected chi connectivity index (χ0v) is 14.2. The molecule has 0 bridgehead atoms. The lowest BCUT2D eigenvalue weighted by Crippen LogP contribution is -2.23. The quantitative estimate of drug-likeness (QED) is 0.757. The summed E-state index contributed by atoms with van der Waals surface area (Å²) < 4.78 is 7.18. The van der Waals surface area contributed by atoms with E-state index < -0.39 is 0 Å². The normalized spacial score (nSPS) is 17.6. The Balaban J connectivity index is 1.81. The molecule has 1 unspecified atom stereocenters. The first kappa shape index (κ1) is 14.5. The Labute approximate surface area is 134 Å². The average Bonchev–Trinajstić information content (AvgIpc) is 2.46. The topological polar surface area (TPSA) is 21.3 Å². The fraction of sp³-hybridized carbons (Fsp3) is 0.333. The van der Waals surface area contributed by atoms with Crippen LogP contribution in [0.1, 0.15) is 38.0 Å². The van der Waals surface area contributed by atoms with Gasteiger partial charge >= 0.3 is 0 Å². The summed E-state index contributed by atoms with van der Waals surface area (Å²) in [6.07, 6.45) is 0.0627. The van der Waals surface area contributed by atoms with Crippen molar-refractivity contribution in [2.75, 3.05) is 11.9 Å². The van der Waals surface area contributed by atoms with E-state index in [4.69, 9.17) is 4.74 Å². The molecule has 1 heterocycles. The molecule has 0 aromatic heterocycles. The fourth-order valence-electron chi connectivity index (χ4n) is 2.52. The van der Waals surface area contributed by atoms with Crippen molar-refractivity contribution < 1.29 is 4.74 Å². The minimum Gasteiger partial charge on any atom is -0.482 e. The van der Waals surface area contributed by atoms with Gasteiger partial charge in [-0.15, -0.1) is 0 Å². The zero-order chi connectivity index (χ0) is 15.0. The summed E-state index contributed by atoms with van der Waals surface area (Å²) in [4.78, 5) is 0. The summed E-state index contributed by atoms with van der Waals surface area (Å²) in [5.41, 5.74) is 3.79. The minimum absolute atomic E-state index is 0.0627. The molecule has 0 radical (unpaired) electrons. The van der Waals surface area contributed by atoms with Crippen molar-refractivity contribution in [1.29, 1.82) is 0 Å². The third-order valence-electron chi connectivity index (χ3n) is 3.84. The van der Waals surface area contributed by atoms with E-state index in [0.29, 0.717) is 0 Å². The van der Waals surface area contributed by atoms with Crippen molar-refractivity contribution in [3.63, 3.8) is 0 Å². The highest BCUT2D eigenvalue weighted by atomic mass is 79.9. The third-order valence-corrected chi connectivity index (χ3v) is 4.33. The van der Waals surface area contributed by atoms with E-state index >= 15 is 0 Å². The van der Waals surface area contributed by atoms with Crippen LogP contribution in [-0.4, -0.2) is 6.54 Å². The summed E-state index contributed by atoms with van der Waals surface area (Å²) in [6.45, 7) is 7.48. The number of hydrogen-bond donors (Lipinski definition) is 1. The second-order valence-electron chi connectivity index (χ2n) is 6.50. The Morgan fingerprint density at radius 3 is 2.48 bits per heavy atom. The molecular formula is C18H20BrNO. The molecule has 0 saturated carbocycles. The fourth-order valence-corrected chi connectivity index (χ4v) is 2.89. The summed E-state index contributed by atoms with van der Waals surface area (Å²) in [7, 11) is 0. The van der Waals surface area contributed by atoms with E-state index in [9.17, 15) is 0 Å². The highest BCUT2D eigenvalue weighted by molar-refractivity contribution is 9.10. The second-order valence-corrected chi connectivity index (χ2v) is 7.42. The van der Waals surface area contributed by atoms with Gasteiger partial charge in [0.05, 0.1) is 12.2 Å². The van der Waals surface area contributed by atoms with Gasteiger partial charge in [0.15, 0.2) is 0 Å². The molecule has 1 N–H and O–H groups in total. The van der Waals surface area contributed by atoms with Crippen molar-refractivity contribution in [1.82, 2.24) is 0 Å². The molecule has 1 aliphatic heterocycles. The smallest absolute Gasteiger partial charge is 0.143 e. The van der Waals surface area contributed by atoms with Gasteiger partial charge in [-0.1, -0.05) is 61.0 Å². The zero-order valence-electron chi connectivity index (χ0n) is 12.6. The van der Waals surface area contributed by atoms with E-state index in [1.54, 1.807) is 0 Å². The lowest BCUT2D eigenvalue weighted by atomic mass is 9.86. The standard InChI is InChI=1S/C18H20BrNO/c1-18(2,3)13-6-4-12(5-7-13)17-11-20-15-10-14(19)8-9-16(15)21-17/h4-10,17,20H,11H2,1-3H3. The molecule has 1 aliphatic rings. The first-order valence-corrected chi connectivity index (χ1v) is 8.03. The predicted molar refractivity (Wildman–Crippen MR) is 91.1 cm³/mol. The molecule has 2 nitrogen and oxygen atoms in total. The highest BCUT2D eigenvalue weighted by Crippen LogP contribution is 2.36. The first-order chi connectivity index (χ1) is 9.93. The maximum absolute atomic E-state index is 6.12. The Morgan fingerprint density at radius 2 is 1.81 bits per heavy atom. The van der Waals surface area contributed by atoms with Crippen LogP contribution in [0.25, 0.3) is 0 Å². The number of rotatable bonds is 1. The van der Waals surface area contributed by atoms with E-state index in [1.807, 2.05) is 18.2 Å². The number of nitrogens with one attached hydrogen (secondary N) is 1. The van der Waals surface area contributed by atoms with Gasteiger partial charge in [-0.2, -0.15) is 0 Å². The van der Waals surface area contributed by atoms with Gasteiger partial charge in [-0.3, -0.25) is 0 Å². The van der Waals surface area contributed by atoms with Crippen LogP contribution in [0, 0.1) is 0 Å². The number of benzene rings is 2. The Morgan fingerprint density at radius 1 is 1.10 bits per heavy atom. The SMILES string of the molecule is CC(C)(C)c1ccc(C2CNc3cc(Br)ccc3O2)cc1. The van der Waals surface area contributed by atoms with Crippen LogP contribution in [0.3, 0.4) is 0 Å². The largest absolute Gasteiger partial charge is 0.482 e. The second kappa shape index (κ2) is 5.38. The van der Waals surface area contributed by atoms with Crippen molar-refractivity contribution in [2.24, 2.45) is 0 Å². The number of anilines is 1. The number of halogens is 1. The van der Waals surface area contributed by atoms with Crippen LogP contribution in [0.4, 0.5) is 5.69 Å². The van der Waals surface area contributed by atoms with Crippen LogP contribution < -0.4 is 10.1 Å². The molecule has 3 heteroatoms. The molecule has 0 aliphatic carbocycles. The molecular weight excluding hydrogens is 326 g/mol. The number of ether oxygens (including phenoxy) is 1. The van der Waals surface area contributed by atoms with Crippen LogP contribution in [0.15, 0.2) is 46.9 Å². The van der Waals surface area contributed by atoms with Crippen molar-refractivity contribution in [3.8, 4) is 5.75 Å². The third kappa shape index (κ3) is 3.08. The minimum atomic E-state index is 0.0627. The molecule has 0 spiro atoms. The Kier molecular flexibility index (Phi) is 3.70. The van der Waals surface area contributed by atoms with Gasteiger partial charge in [0.2, 0.25) is 0 Å². The van der Waals surface area contributed by atoms with E-state index in [2.05, 4.69) is 66.3 Å². The molecule has 110 valence electrons. The molecule has 1 atom stereocenters. The maximum atomic E-state index is 6.12. The summed E-state index contributed by atoms with van der Waals surface area (Å²) in [5, 5.41) is 3.44. The number of fused-ring (bicyclic) bond motifs is 1. The van der Waals surface area contributed by atoms with Gasteiger partial charge in [-0.05, 0) is 34.7 Å². The van der Waals surface area contributed by atoms with E-state index in [-0.39, 0.29) is 11.5 Å². The molecule has 0 amide bonds. The van der Waals surface area contributed by atoms with Crippen molar-refractivity contribution >= 4 is 21.6 Å². The maximum Gasteiger partial charge on any atom is 0.143 e.